The van der Waals surface area contributed by atoms with Crippen LogP contribution in [0.3, 0.4) is 0 Å². The Morgan fingerprint density at radius 3 is 2.86 bits per heavy atom. The van der Waals surface area contributed by atoms with Gasteiger partial charge in [-0.05, 0) is 61.6 Å². The first-order valence-electron chi connectivity index (χ1n) is 7.34. The van der Waals surface area contributed by atoms with E-state index in [1.54, 1.807) is 6.07 Å². The highest BCUT2D eigenvalue weighted by molar-refractivity contribution is 6.35. The van der Waals surface area contributed by atoms with Gasteiger partial charge >= 0.3 is 0 Å². The van der Waals surface area contributed by atoms with E-state index in [0.717, 1.165) is 29.8 Å². The molecule has 2 heterocycles. The highest BCUT2D eigenvalue weighted by Gasteiger charge is 2.24. The topological polar surface area (TPSA) is 70.9 Å². The average molecular weight is 279 g/mol. The molecule has 0 fully saturated rings. The zero-order valence-corrected chi connectivity index (χ0v) is 11.7. The summed E-state index contributed by atoms with van der Waals surface area (Å²) in [4.78, 5) is 15.6. The Bertz CT molecular complexity index is 747. The molecule has 0 saturated carbocycles. The van der Waals surface area contributed by atoms with Crippen LogP contribution in [0.2, 0.25) is 0 Å². The number of anilines is 2. The smallest absolute Gasteiger partial charge is 0.256 e. The van der Waals surface area contributed by atoms with Crippen molar-refractivity contribution in [1.82, 2.24) is 4.98 Å². The molecule has 0 spiro atoms. The third kappa shape index (κ3) is 2.03. The van der Waals surface area contributed by atoms with E-state index < -0.39 is 0 Å². The van der Waals surface area contributed by atoms with E-state index in [0.29, 0.717) is 11.3 Å². The number of carbonyl (C=O) groups excluding carboxylic acids is 1. The van der Waals surface area contributed by atoms with Crippen LogP contribution in [-0.4, -0.2) is 10.9 Å². The van der Waals surface area contributed by atoms with Crippen molar-refractivity contribution in [2.24, 2.45) is 0 Å². The maximum Gasteiger partial charge on any atom is 0.256 e. The van der Waals surface area contributed by atoms with Crippen LogP contribution in [0.5, 0.6) is 0 Å². The minimum Gasteiger partial charge on any atom is -0.399 e. The maximum absolute atomic E-state index is 12.2. The van der Waals surface area contributed by atoms with Gasteiger partial charge in [0.1, 0.15) is 0 Å². The average Bonchev–Trinajstić information content (AvgIpc) is 3.01. The number of hydrogen-bond acceptors (Lipinski definition) is 2. The summed E-state index contributed by atoms with van der Waals surface area (Å²) >= 11 is 0. The van der Waals surface area contributed by atoms with Crippen LogP contribution >= 0.6 is 0 Å². The minimum atomic E-state index is -0.0665. The van der Waals surface area contributed by atoms with Crippen molar-refractivity contribution >= 4 is 28.9 Å². The maximum atomic E-state index is 12.2. The summed E-state index contributed by atoms with van der Waals surface area (Å²) in [5.41, 5.74) is 12.6. The van der Waals surface area contributed by atoms with Gasteiger partial charge in [0.25, 0.3) is 5.91 Å². The molecular weight excluding hydrogens is 262 g/mol. The summed E-state index contributed by atoms with van der Waals surface area (Å²) in [5, 5.41) is 2.88. The van der Waals surface area contributed by atoms with Crippen molar-refractivity contribution in [1.29, 1.82) is 0 Å². The van der Waals surface area contributed by atoms with Crippen molar-refractivity contribution in [3.8, 4) is 0 Å². The summed E-state index contributed by atoms with van der Waals surface area (Å²) in [6.45, 7) is 0. The number of aromatic nitrogens is 1. The van der Waals surface area contributed by atoms with E-state index >= 15 is 0 Å². The second-order valence-corrected chi connectivity index (χ2v) is 5.75. The van der Waals surface area contributed by atoms with Crippen LogP contribution in [-0.2, 0) is 17.6 Å². The SMILES string of the molecule is Nc1ccc2c(c1)C(=Cc1cc3c([nH]1)CCCC3)C(=O)N2. The Morgan fingerprint density at radius 2 is 2.00 bits per heavy atom. The molecule has 0 unspecified atom stereocenters. The molecule has 1 aromatic heterocycles. The second kappa shape index (κ2) is 4.52. The zero-order chi connectivity index (χ0) is 14.4. The predicted octanol–water partition coefficient (Wildman–Crippen LogP) is 2.97. The molecule has 0 radical (unpaired) electrons. The van der Waals surface area contributed by atoms with Gasteiger partial charge in [-0.2, -0.15) is 0 Å². The van der Waals surface area contributed by atoms with Crippen molar-refractivity contribution in [2.75, 3.05) is 11.1 Å². The van der Waals surface area contributed by atoms with E-state index in [2.05, 4.69) is 16.4 Å². The molecule has 1 aliphatic carbocycles. The number of fused-ring (bicyclic) bond motifs is 2. The van der Waals surface area contributed by atoms with Gasteiger partial charge in [-0.3, -0.25) is 4.79 Å². The van der Waals surface area contributed by atoms with Gasteiger partial charge < -0.3 is 16.0 Å². The number of nitrogens with two attached hydrogens (primary N) is 1. The van der Waals surface area contributed by atoms with Crippen molar-refractivity contribution in [3.63, 3.8) is 0 Å². The Morgan fingerprint density at radius 1 is 1.14 bits per heavy atom. The molecule has 0 atom stereocenters. The predicted molar refractivity (Wildman–Crippen MR) is 84.8 cm³/mol. The molecule has 2 aromatic rings. The number of benzene rings is 1. The first-order chi connectivity index (χ1) is 10.2. The van der Waals surface area contributed by atoms with Gasteiger partial charge in [-0.1, -0.05) is 0 Å². The zero-order valence-electron chi connectivity index (χ0n) is 11.7. The summed E-state index contributed by atoms with van der Waals surface area (Å²) < 4.78 is 0. The molecule has 106 valence electrons. The monoisotopic (exact) mass is 279 g/mol. The molecule has 0 bridgehead atoms. The summed E-state index contributed by atoms with van der Waals surface area (Å²) in [5.74, 6) is -0.0665. The molecule has 0 saturated heterocycles. The number of rotatable bonds is 1. The van der Waals surface area contributed by atoms with Gasteiger partial charge in [-0.15, -0.1) is 0 Å². The van der Waals surface area contributed by atoms with Crippen molar-refractivity contribution in [2.45, 2.75) is 25.7 Å². The van der Waals surface area contributed by atoms with Crippen LogP contribution in [0.15, 0.2) is 24.3 Å². The van der Waals surface area contributed by atoms with E-state index in [4.69, 9.17) is 5.73 Å². The fraction of sp³-hybridized carbons (Fsp3) is 0.235. The van der Waals surface area contributed by atoms with Gasteiger partial charge in [0.15, 0.2) is 0 Å². The molecule has 2 aliphatic rings. The largest absolute Gasteiger partial charge is 0.399 e. The fourth-order valence-electron chi connectivity index (χ4n) is 3.21. The van der Waals surface area contributed by atoms with Crippen molar-refractivity contribution < 1.29 is 4.79 Å². The van der Waals surface area contributed by atoms with E-state index in [1.165, 1.54) is 24.1 Å². The van der Waals surface area contributed by atoms with E-state index in [1.807, 2.05) is 18.2 Å². The normalized spacial score (nSPS) is 18.5. The third-order valence-electron chi connectivity index (χ3n) is 4.26. The van der Waals surface area contributed by atoms with Gasteiger partial charge in [-0.25, -0.2) is 0 Å². The first kappa shape index (κ1) is 12.3. The first-order valence-corrected chi connectivity index (χ1v) is 7.34. The highest BCUT2D eigenvalue weighted by Crippen LogP contribution is 2.34. The lowest BCUT2D eigenvalue weighted by molar-refractivity contribution is -0.110. The highest BCUT2D eigenvalue weighted by atomic mass is 16.2. The summed E-state index contributed by atoms with van der Waals surface area (Å²) in [7, 11) is 0. The van der Waals surface area contributed by atoms with Gasteiger partial charge in [0.05, 0.1) is 5.57 Å². The number of nitrogen functional groups attached to an aromatic ring is 1. The van der Waals surface area contributed by atoms with Crippen LogP contribution in [0, 0.1) is 0 Å². The lowest BCUT2D eigenvalue weighted by Crippen LogP contribution is -2.03. The lowest BCUT2D eigenvalue weighted by atomic mass is 9.98. The molecular formula is C17H17N3O. The Labute approximate surface area is 123 Å². The number of H-pyrrole nitrogens is 1. The number of amides is 1. The third-order valence-corrected chi connectivity index (χ3v) is 4.26. The standard InChI is InChI=1S/C17H17N3O/c18-11-5-6-16-13(8-11)14(17(21)20-16)9-12-7-10-3-1-2-4-15(10)19-12/h5-9,19H,1-4,18H2,(H,20,21). The molecule has 1 amide bonds. The molecule has 1 aliphatic heterocycles. The number of carbonyl (C=O) groups is 1. The minimum absolute atomic E-state index is 0.0665. The number of hydrogen-bond donors (Lipinski definition) is 3. The van der Waals surface area contributed by atoms with Gasteiger partial charge in [0, 0.05) is 28.3 Å². The molecule has 4 rings (SSSR count). The Hall–Kier alpha value is -2.49. The Balaban J connectivity index is 1.78. The molecule has 1 aromatic carbocycles. The second-order valence-electron chi connectivity index (χ2n) is 5.75. The van der Waals surface area contributed by atoms with E-state index in [9.17, 15) is 4.79 Å². The summed E-state index contributed by atoms with van der Waals surface area (Å²) in [6.07, 6.45) is 6.65. The number of aromatic amines is 1. The molecule has 4 nitrogen and oxygen atoms in total. The fourth-order valence-corrected chi connectivity index (χ4v) is 3.21. The van der Waals surface area contributed by atoms with Crippen LogP contribution in [0.25, 0.3) is 11.6 Å². The quantitative estimate of drug-likeness (QED) is 0.555. The molecule has 4 N–H and O–H groups in total. The number of aryl methyl sites for hydroxylation is 2. The number of nitrogens with one attached hydrogen (secondary N) is 2. The Kier molecular flexibility index (Phi) is 2.64. The molecule has 4 heteroatoms. The van der Waals surface area contributed by atoms with Gasteiger partial charge in [0.2, 0.25) is 0 Å². The molecule has 21 heavy (non-hydrogen) atoms. The lowest BCUT2D eigenvalue weighted by Gasteiger charge is -2.08. The van der Waals surface area contributed by atoms with Crippen molar-refractivity contribution in [3.05, 3.63) is 46.8 Å². The van der Waals surface area contributed by atoms with Crippen LogP contribution in [0.1, 0.15) is 35.4 Å². The van der Waals surface area contributed by atoms with Crippen LogP contribution < -0.4 is 11.1 Å². The van der Waals surface area contributed by atoms with E-state index in [-0.39, 0.29) is 5.91 Å². The summed E-state index contributed by atoms with van der Waals surface area (Å²) in [6, 6.07) is 7.67. The van der Waals surface area contributed by atoms with Crippen LogP contribution in [0.4, 0.5) is 11.4 Å².